The molecule has 0 saturated heterocycles. The van der Waals surface area contributed by atoms with E-state index < -0.39 is 0 Å². The van der Waals surface area contributed by atoms with Crippen LogP contribution >= 0.6 is 0 Å². The smallest absolute Gasteiger partial charge is 0.305 e. The first-order chi connectivity index (χ1) is 9.31. The number of allylic oxidation sites excluding steroid dienone is 1. The van der Waals surface area contributed by atoms with Crippen molar-refractivity contribution in [1.82, 2.24) is 0 Å². The molecular formula is C17H32O2. The molecule has 0 spiro atoms. The third-order valence-electron chi connectivity index (χ3n) is 3.30. The summed E-state index contributed by atoms with van der Waals surface area (Å²) in [4.78, 5) is 11.4. The highest BCUT2D eigenvalue weighted by molar-refractivity contribution is 5.69. The van der Waals surface area contributed by atoms with Gasteiger partial charge in [-0.15, -0.1) is 6.58 Å². The number of hydrogen-bond donors (Lipinski definition) is 0. The molecule has 19 heavy (non-hydrogen) atoms. The fourth-order valence-electron chi connectivity index (χ4n) is 2.07. The van der Waals surface area contributed by atoms with Crippen LogP contribution in [0.2, 0.25) is 0 Å². The van der Waals surface area contributed by atoms with Crippen molar-refractivity contribution in [2.24, 2.45) is 0 Å². The lowest BCUT2D eigenvalue weighted by Crippen LogP contribution is -2.05. The molecule has 2 nitrogen and oxygen atoms in total. The first-order valence-electron chi connectivity index (χ1n) is 8.07. The van der Waals surface area contributed by atoms with Gasteiger partial charge in [0.2, 0.25) is 0 Å². The van der Waals surface area contributed by atoms with Crippen LogP contribution in [0, 0.1) is 0 Å². The van der Waals surface area contributed by atoms with E-state index in [1.54, 1.807) is 0 Å². The van der Waals surface area contributed by atoms with Crippen molar-refractivity contribution >= 4 is 5.97 Å². The fourth-order valence-corrected chi connectivity index (χ4v) is 2.07. The van der Waals surface area contributed by atoms with Crippen molar-refractivity contribution in [2.45, 2.75) is 84.0 Å². The predicted molar refractivity (Wildman–Crippen MR) is 82.2 cm³/mol. The first kappa shape index (κ1) is 18.2. The second-order valence-electron chi connectivity index (χ2n) is 5.23. The third-order valence-corrected chi connectivity index (χ3v) is 3.30. The Balaban J connectivity index is 3.12. The van der Waals surface area contributed by atoms with Crippen LogP contribution < -0.4 is 0 Å². The Hall–Kier alpha value is -0.790. The maximum Gasteiger partial charge on any atom is 0.305 e. The monoisotopic (exact) mass is 268 g/mol. The minimum Gasteiger partial charge on any atom is -0.466 e. The average Bonchev–Trinajstić information content (AvgIpc) is 2.42. The molecule has 0 aliphatic carbocycles. The summed E-state index contributed by atoms with van der Waals surface area (Å²) in [5, 5.41) is 0. The zero-order valence-corrected chi connectivity index (χ0v) is 12.8. The minimum absolute atomic E-state index is 0.0352. The zero-order valence-electron chi connectivity index (χ0n) is 12.8. The number of carbonyl (C=O) groups excluding carboxylic acids is 1. The maximum absolute atomic E-state index is 11.4. The van der Waals surface area contributed by atoms with Crippen LogP contribution in [0.15, 0.2) is 12.7 Å². The summed E-state index contributed by atoms with van der Waals surface area (Å²) in [7, 11) is 0. The summed E-state index contributed by atoms with van der Waals surface area (Å²) < 4.78 is 5.13. The molecule has 0 amide bonds. The van der Waals surface area contributed by atoms with E-state index in [-0.39, 0.29) is 5.97 Å². The van der Waals surface area contributed by atoms with Crippen molar-refractivity contribution < 1.29 is 9.53 Å². The van der Waals surface area contributed by atoms with Gasteiger partial charge in [0.15, 0.2) is 0 Å². The largest absolute Gasteiger partial charge is 0.466 e. The Morgan fingerprint density at radius 2 is 1.53 bits per heavy atom. The number of esters is 1. The van der Waals surface area contributed by atoms with E-state index in [0.717, 1.165) is 25.7 Å². The number of rotatable bonds is 14. The summed E-state index contributed by atoms with van der Waals surface area (Å²) >= 11 is 0. The van der Waals surface area contributed by atoms with Crippen LogP contribution in [0.5, 0.6) is 0 Å². The molecule has 0 aromatic carbocycles. The lowest BCUT2D eigenvalue weighted by Gasteiger charge is -2.04. The number of carbonyl (C=O) groups is 1. The molecule has 0 N–H and O–H groups in total. The third kappa shape index (κ3) is 15.2. The zero-order chi connectivity index (χ0) is 14.2. The lowest BCUT2D eigenvalue weighted by atomic mass is 10.1. The van der Waals surface area contributed by atoms with Gasteiger partial charge in [0, 0.05) is 6.42 Å². The summed E-state index contributed by atoms with van der Waals surface area (Å²) in [6.07, 6.45) is 15.8. The van der Waals surface area contributed by atoms with E-state index in [0.29, 0.717) is 13.0 Å². The highest BCUT2D eigenvalue weighted by Crippen LogP contribution is 2.10. The van der Waals surface area contributed by atoms with Crippen LogP contribution in [-0.2, 0) is 9.53 Å². The van der Waals surface area contributed by atoms with Gasteiger partial charge in [0.25, 0.3) is 0 Å². The van der Waals surface area contributed by atoms with Gasteiger partial charge in [-0.1, -0.05) is 64.4 Å². The van der Waals surface area contributed by atoms with Crippen molar-refractivity contribution in [1.29, 1.82) is 0 Å². The normalized spacial score (nSPS) is 10.4. The van der Waals surface area contributed by atoms with Gasteiger partial charge in [-0.3, -0.25) is 4.79 Å². The Labute approximate surface area is 119 Å². The number of hydrogen-bond acceptors (Lipinski definition) is 2. The molecule has 0 saturated carbocycles. The molecule has 0 aliphatic rings. The van der Waals surface area contributed by atoms with Gasteiger partial charge >= 0.3 is 5.97 Å². The highest BCUT2D eigenvalue weighted by Gasteiger charge is 2.01. The van der Waals surface area contributed by atoms with Gasteiger partial charge < -0.3 is 4.74 Å². The predicted octanol–water partition coefficient (Wildman–Crippen LogP) is 5.42. The highest BCUT2D eigenvalue weighted by atomic mass is 16.5. The van der Waals surface area contributed by atoms with Gasteiger partial charge in [-0.25, -0.2) is 0 Å². The van der Waals surface area contributed by atoms with E-state index in [1.165, 1.54) is 44.9 Å². The standard InChI is InChI=1S/C17H32O2/c1-3-5-7-8-9-10-11-12-13-15-17(18)19-16-14-6-4-2/h4H,2-3,5-16H2,1H3. The molecule has 2 heteroatoms. The molecule has 0 rings (SSSR count). The fraction of sp³-hybridized carbons (Fsp3) is 0.824. The number of unbranched alkanes of at least 4 members (excludes halogenated alkanes) is 9. The van der Waals surface area contributed by atoms with Crippen LogP contribution in [0.3, 0.4) is 0 Å². The van der Waals surface area contributed by atoms with Crippen LogP contribution in [0.25, 0.3) is 0 Å². The van der Waals surface area contributed by atoms with Gasteiger partial charge in [-0.05, 0) is 19.3 Å². The Morgan fingerprint density at radius 3 is 2.11 bits per heavy atom. The molecular weight excluding hydrogens is 236 g/mol. The van der Waals surface area contributed by atoms with Crippen molar-refractivity contribution in [3.05, 3.63) is 12.7 Å². The second-order valence-corrected chi connectivity index (χ2v) is 5.23. The molecule has 0 bridgehead atoms. The van der Waals surface area contributed by atoms with Crippen molar-refractivity contribution in [2.75, 3.05) is 6.61 Å². The molecule has 0 aromatic heterocycles. The van der Waals surface area contributed by atoms with E-state index in [1.807, 2.05) is 6.08 Å². The molecule has 0 atom stereocenters. The quantitative estimate of drug-likeness (QED) is 0.239. The summed E-state index contributed by atoms with van der Waals surface area (Å²) in [6, 6.07) is 0. The van der Waals surface area contributed by atoms with Crippen LogP contribution in [0.1, 0.15) is 84.0 Å². The molecule has 112 valence electrons. The average molecular weight is 268 g/mol. The van der Waals surface area contributed by atoms with Gasteiger partial charge in [-0.2, -0.15) is 0 Å². The molecule has 0 aromatic rings. The Morgan fingerprint density at radius 1 is 0.947 bits per heavy atom. The van der Waals surface area contributed by atoms with Crippen LogP contribution in [-0.4, -0.2) is 12.6 Å². The SMILES string of the molecule is C=CCCCOC(=O)CCCCCCCCCCC. The van der Waals surface area contributed by atoms with Crippen LogP contribution in [0.4, 0.5) is 0 Å². The minimum atomic E-state index is -0.0352. The van der Waals surface area contributed by atoms with Gasteiger partial charge in [0.05, 0.1) is 6.61 Å². The molecule has 0 unspecified atom stereocenters. The van der Waals surface area contributed by atoms with Gasteiger partial charge in [0.1, 0.15) is 0 Å². The van der Waals surface area contributed by atoms with E-state index in [4.69, 9.17) is 4.74 Å². The van der Waals surface area contributed by atoms with Crippen molar-refractivity contribution in [3.63, 3.8) is 0 Å². The Kier molecular flexibility index (Phi) is 14.6. The second kappa shape index (κ2) is 15.3. The summed E-state index contributed by atoms with van der Waals surface area (Å²) in [5.41, 5.74) is 0. The lowest BCUT2D eigenvalue weighted by molar-refractivity contribution is -0.143. The van der Waals surface area contributed by atoms with E-state index >= 15 is 0 Å². The molecule has 0 fully saturated rings. The number of ether oxygens (including phenoxy) is 1. The maximum atomic E-state index is 11.4. The van der Waals surface area contributed by atoms with E-state index in [2.05, 4.69) is 13.5 Å². The molecule has 0 radical (unpaired) electrons. The first-order valence-corrected chi connectivity index (χ1v) is 8.07. The topological polar surface area (TPSA) is 26.3 Å². The van der Waals surface area contributed by atoms with Crippen molar-refractivity contribution in [3.8, 4) is 0 Å². The molecule has 0 heterocycles. The Bertz CT molecular complexity index is 211. The summed E-state index contributed by atoms with van der Waals surface area (Å²) in [5.74, 6) is -0.0352. The summed E-state index contributed by atoms with van der Waals surface area (Å²) in [6.45, 7) is 6.43. The van der Waals surface area contributed by atoms with E-state index in [9.17, 15) is 4.79 Å². The molecule has 0 aliphatic heterocycles.